The van der Waals surface area contributed by atoms with Gasteiger partial charge in [0.05, 0.1) is 0 Å². The minimum Gasteiger partial charge on any atom is -0.322 e. The molecule has 0 unspecified atom stereocenters. The predicted molar refractivity (Wildman–Crippen MR) is 93.9 cm³/mol. The van der Waals surface area contributed by atoms with E-state index in [1.165, 1.54) is 18.1 Å². The highest BCUT2D eigenvalue weighted by molar-refractivity contribution is 7.98. The summed E-state index contributed by atoms with van der Waals surface area (Å²) in [6.07, 6.45) is 1.87. The van der Waals surface area contributed by atoms with E-state index >= 15 is 0 Å². The van der Waals surface area contributed by atoms with Gasteiger partial charge in [-0.2, -0.15) is 10.1 Å². The second kappa shape index (κ2) is 7.16. The molecular weight excluding hydrogens is 356 g/mol. The number of hydrazine groups is 1. The minimum atomic E-state index is -0.994. The highest BCUT2D eigenvalue weighted by atomic mass is 32.2. The molecular formula is C16H18N6O3S. The molecule has 4 amide bonds. The Morgan fingerprint density at radius 1 is 1.31 bits per heavy atom. The lowest BCUT2D eigenvalue weighted by Gasteiger charge is -2.19. The summed E-state index contributed by atoms with van der Waals surface area (Å²) in [5.41, 5.74) is 2.72. The molecule has 10 heteroatoms. The van der Waals surface area contributed by atoms with Gasteiger partial charge in [0, 0.05) is 11.3 Å². The van der Waals surface area contributed by atoms with E-state index in [4.69, 9.17) is 0 Å². The van der Waals surface area contributed by atoms with Gasteiger partial charge in [-0.05, 0) is 31.0 Å². The van der Waals surface area contributed by atoms with Gasteiger partial charge in [0.2, 0.25) is 0 Å². The molecule has 1 aromatic carbocycles. The van der Waals surface area contributed by atoms with Crippen LogP contribution in [-0.4, -0.2) is 43.6 Å². The number of aromatic amines is 1. The standard InChI is InChI=1S/C16H18N6O3S/c1-3-16(2)13(24)22(15(25)19-16)21-12(23)11-6-4-10(5-7-11)8-26-14-17-9-18-20-14/h4-7,9H,3,8H2,1-2H3,(H,19,25)(H,21,23)(H,17,18,20)/t16-/m0/s1. The van der Waals surface area contributed by atoms with Crippen LogP contribution in [0, 0.1) is 0 Å². The number of nitrogens with one attached hydrogen (secondary N) is 3. The zero-order chi connectivity index (χ0) is 18.7. The van der Waals surface area contributed by atoms with Crippen molar-refractivity contribution in [1.29, 1.82) is 0 Å². The maximum atomic E-state index is 12.3. The molecule has 2 heterocycles. The second-order valence-corrected chi connectivity index (χ2v) is 6.94. The summed E-state index contributed by atoms with van der Waals surface area (Å²) in [5, 5.41) is 10.6. The van der Waals surface area contributed by atoms with Gasteiger partial charge in [0.1, 0.15) is 11.9 Å². The number of urea groups is 1. The fraction of sp³-hybridized carbons (Fsp3) is 0.312. The van der Waals surface area contributed by atoms with Crippen molar-refractivity contribution in [2.45, 2.75) is 36.7 Å². The molecule has 0 bridgehead atoms. The molecule has 3 N–H and O–H groups in total. The van der Waals surface area contributed by atoms with Crippen LogP contribution in [0.5, 0.6) is 0 Å². The fourth-order valence-corrected chi connectivity index (χ4v) is 3.09. The molecule has 1 aromatic heterocycles. The topological polar surface area (TPSA) is 120 Å². The van der Waals surface area contributed by atoms with E-state index in [0.717, 1.165) is 10.6 Å². The van der Waals surface area contributed by atoms with Crippen LogP contribution in [0.2, 0.25) is 0 Å². The van der Waals surface area contributed by atoms with E-state index in [1.807, 2.05) is 0 Å². The van der Waals surface area contributed by atoms with Crippen molar-refractivity contribution in [3.05, 3.63) is 41.7 Å². The SMILES string of the molecule is CC[C@]1(C)NC(=O)N(NC(=O)c2ccc(CSc3ncn[nH]3)cc2)C1=O. The van der Waals surface area contributed by atoms with Crippen molar-refractivity contribution < 1.29 is 14.4 Å². The Hall–Kier alpha value is -2.88. The second-order valence-electron chi connectivity index (χ2n) is 5.97. The van der Waals surface area contributed by atoms with Crippen molar-refractivity contribution in [2.24, 2.45) is 0 Å². The molecule has 1 saturated heterocycles. The summed E-state index contributed by atoms with van der Waals surface area (Å²) in [6, 6.07) is 6.26. The van der Waals surface area contributed by atoms with Crippen molar-refractivity contribution in [2.75, 3.05) is 0 Å². The number of rotatable bonds is 6. The summed E-state index contributed by atoms with van der Waals surface area (Å²) in [4.78, 5) is 40.6. The molecule has 1 aliphatic heterocycles. The van der Waals surface area contributed by atoms with Crippen LogP contribution in [-0.2, 0) is 10.5 Å². The van der Waals surface area contributed by atoms with Crippen LogP contribution >= 0.6 is 11.8 Å². The van der Waals surface area contributed by atoms with Gasteiger partial charge in [0.25, 0.3) is 11.8 Å². The number of nitrogens with zero attached hydrogens (tertiary/aromatic N) is 3. The van der Waals surface area contributed by atoms with Gasteiger partial charge in [-0.1, -0.05) is 30.8 Å². The Morgan fingerprint density at radius 2 is 2.04 bits per heavy atom. The molecule has 0 spiro atoms. The third-order valence-corrected chi connectivity index (χ3v) is 5.11. The molecule has 1 aliphatic rings. The van der Waals surface area contributed by atoms with E-state index in [2.05, 4.69) is 25.9 Å². The minimum absolute atomic E-state index is 0.351. The fourth-order valence-electron chi connectivity index (χ4n) is 2.36. The van der Waals surface area contributed by atoms with Crippen LogP contribution in [0.4, 0.5) is 4.79 Å². The summed E-state index contributed by atoms with van der Waals surface area (Å²) in [7, 11) is 0. The van der Waals surface area contributed by atoms with Crippen molar-refractivity contribution in [3.63, 3.8) is 0 Å². The molecule has 9 nitrogen and oxygen atoms in total. The number of hydrogen-bond donors (Lipinski definition) is 3. The number of imide groups is 1. The van der Waals surface area contributed by atoms with Gasteiger partial charge in [-0.15, -0.1) is 0 Å². The van der Waals surface area contributed by atoms with E-state index in [1.54, 1.807) is 38.1 Å². The Labute approximate surface area is 153 Å². The van der Waals surface area contributed by atoms with Gasteiger partial charge >= 0.3 is 6.03 Å². The number of carbonyl (C=O) groups is 3. The average molecular weight is 374 g/mol. The number of H-pyrrole nitrogens is 1. The Bertz CT molecular complexity index is 823. The number of aromatic nitrogens is 3. The number of thioether (sulfide) groups is 1. The first kappa shape index (κ1) is 17.9. The predicted octanol–water partition coefficient (Wildman–Crippen LogP) is 1.46. The largest absolute Gasteiger partial charge is 0.344 e. The lowest BCUT2D eigenvalue weighted by molar-refractivity contribution is -0.132. The van der Waals surface area contributed by atoms with Crippen LogP contribution in [0.25, 0.3) is 0 Å². The van der Waals surface area contributed by atoms with Crippen molar-refractivity contribution >= 4 is 29.6 Å². The first-order chi connectivity index (χ1) is 12.4. The summed E-state index contributed by atoms with van der Waals surface area (Å²) < 4.78 is 0. The van der Waals surface area contributed by atoms with Gasteiger partial charge in [-0.25, -0.2) is 9.78 Å². The summed E-state index contributed by atoms with van der Waals surface area (Å²) >= 11 is 1.49. The third-order valence-electron chi connectivity index (χ3n) is 4.17. The molecule has 0 aliphatic carbocycles. The van der Waals surface area contributed by atoms with E-state index in [9.17, 15) is 14.4 Å². The normalized spacial score (nSPS) is 19.5. The van der Waals surface area contributed by atoms with Gasteiger partial charge in [-0.3, -0.25) is 20.1 Å². The first-order valence-corrected chi connectivity index (χ1v) is 8.96. The molecule has 0 radical (unpaired) electrons. The van der Waals surface area contributed by atoms with Crippen molar-refractivity contribution in [1.82, 2.24) is 30.9 Å². The summed E-state index contributed by atoms with van der Waals surface area (Å²) in [5.74, 6) is -0.333. The third kappa shape index (κ3) is 3.54. The van der Waals surface area contributed by atoms with Gasteiger partial charge < -0.3 is 5.32 Å². The van der Waals surface area contributed by atoms with Crippen LogP contribution in [0.3, 0.4) is 0 Å². The maximum absolute atomic E-state index is 12.3. The zero-order valence-corrected chi connectivity index (χ0v) is 15.1. The molecule has 136 valence electrons. The van der Waals surface area contributed by atoms with Crippen molar-refractivity contribution in [3.8, 4) is 0 Å². The number of benzene rings is 1. The molecule has 3 rings (SSSR count). The molecule has 0 saturated carbocycles. The van der Waals surface area contributed by atoms with E-state index < -0.39 is 23.4 Å². The van der Waals surface area contributed by atoms with Crippen LogP contribution in [0.1, 0.15) is 36.2 Å². The lowest BCUT2D eigenvalue weighted by Crippen LogP contribution is -2.48. The molecule has 26 heavy (non-hydrogen) atoms. The number of amides is 4. The average Bonchev–Trinajstić information content (AvgIpc) is 3.23. The Kier molecular flexibility index (Phi) is 4.94. The van der Waals surface area contributed by atoms with Gasteiger partial charge in [0.15, 0.2) is 5.16 Å². The number of carbonyl (C=O) groups excluding carboxylic acids is 3. The summed E-state index contributed by atoms with van der Waals surface area (Å²) in [6.45, 7) is 3.42. The molecule has 1 fully saturated rings. The lowest BCUT2D eigenvalue weighted by atomic mass is 10.00. The molecule has 2 aromatic rings. The smallest absolute Gasteiger partial charge is 0.322 e. The quantitative estimate of drug-likeness (QED) is 0.520. The monoisotopic (exact) mass is 374 g/mol. The number of hydrogen-bond acceptors (Lipinski definition) is 6. The Balaban J connectivity index is 1.61. The van der Waals surface area contributed by atoms with Crippen LogP contribution in [0.15, 0.2) is 35.7 Å². The zero-order valence-electron chi connectivity index (χ0n) is 14.3. The first-order valence-electron chi connectivity index (χ1n) is 7.98. The highest BCUT2D eigenvalue weighted by Gasteiger charge is 2.47. The highest BCUT2D eigenvalue weighted by Crippen LogP contribution is 2.20. The van der Waals surface area contributed by atoms with E-state index in [0.29, 0.717) is 22.9 Å². The van der Waals surface area contributed by atoms with Crippen LogP contribution < -0.4 is 10.7 Å². The Morgan fingerprint density at radius 3 is 2.62 bits per heavy atom. The van der Waals surface area contributed by atoms with E-state index in [-0.39, 0.29) is 0 Å². The molecule has 1 atom stereocenters. The maximum Gasteiger partial charge on any atom is 0.344 e.